The van der Waals surface area contributed by atoms with Gasteiger partial charge in [-0.2, -0.15) is 15.4 Å². The minimum Gasteiger partial charge on any atom is -0.491 e. The van der Waals surface area contributed by atoms with E-state index in [1.54, 1.807) is 18.2 Å². The van der Waals surface area contributed by atoms with Crippen LogP contribution in [-0.4, -0.2) is 27.3 Å². The van der Waals surface area contributed by atoms with Crippen LogP contribution in [0.15, 0.2) is 30.5 Å². The summed E-state index contributed by atoms with van der Waals surface area (Å²) in [5.41, 5.74) is 0.837. The molecule has 0 bridgehead atoms. The normalized spacial score (nSPS) is 10.5. The lowest BCUT2D eigenvalue weighted by Gasteiger charge is -2.09. The fourth-order valence-corrected chi connectivity index (χ4v) is 1.44. The average molecular weight is 231 g/mol. The summed E-state index contributed by atoms with van der Waals surface area (Å²) in [6.45, 7) is 3.87. The molecule has 1 aromatic heterocycles. The van der Waals surface area contributed by atoms with Gasteiger partial charge in [0.1, 0.15) is 5.75 Å². The van der Waals surface area contributed by atoms with Gasteiger partial charge in [-0.1, -0.05) is 12.1 Å². The molecular formula is C12H13N3O2. The number of ether oxygens (including phenoxy) is 1. The van der Waals surface area contributed by atoms with Crippen LogP contribution in [0.4, 0.5) is 0 Å². The Hall–Kier alpha value is -2.17. The van der Waals surface area contributed by atoms with Crippen molar-refractivity contribution < 1.29 is 9.53 Å². The van der Waals surface area contributed by atoms with Gasteiger partial charge in [-0.3, -0.25) is 4.79 Å². The maximum atomic E-state index is 12.0. The minimum atomic E-state index is -0.173. The second-order valence-electron chi connectivity index (χ2n) is 3.88. The molecule has 0 atom stereocenters. The van der Waals surface area contributed by atoms with Gasteiger partial charge >= 0.3 is 0 Å². The van der Waals surface area contributed by atoms with Crippen LogP contribution in [0.1, 0.15) is 29.9 Å². The van der Waals surface area contributed by atoms with Crippen LogP contribution in [0.3, 0.4) is 0 Å². The molecular weight excluding hydrogens is 218 g/mol. The maximum absolute atomic E-state index is 12.0. The van der Waals surface area contributed by atoms with Crippen LogP contribution in [0.25, 0.3) is 0 Å². The van der Waals surface area contributed by atoms with Crippen molar-refractivity contribution in [2.24, 2.45) is 0 Å². The number of aromatic amines is 1. The summed E-state index contributed by atoms with van der Waals surface area (Å²) in [6.07, 6.45) is 1.48. The third kappa shape index (κ3) is 2.69. The number of aromatic nitrogens is 3. The number of H-pyrrole nitrogens is 1. The molecule has 0 aliphatic heterocycles. The zero-order valence-corrected chi connectivity index (χ0v) is 9.68. The molecule has 5 heteroatoms. The molecule has 0 spiro atoms. The molecule has 1 aromatic carbocycles. The van der Waals surface area contributed by atoms with E-state index >= 15 is 0 Å². The highest BCUT2D eigenvalue weighted by molar-refractivity contribution is 6.07. The number of nitrogens with one attached hydrogen (secondary N) is 1. The zero-order valence-electron chi connectivity index (χ0n) is 9.68. The van der Waals surface area contributed by atoms with Crippen molar-refractivity contribution >= 4 is 5.78 Å². The monoisotopic (exact) mass is 231 g/mol. The summed E-state index contributed by atoms with van der Waals surface area (Å²) in [4.78, 5) is 12.0. The van der Waals surface area contributed by atoms with E-state index in [1.807, 2.05) is 19.9 Å². The molecule has 2 aromatic rings. The molecule has 17 heavy (non-hydrogen) atoms. The topological polar surface area (TPSA) is 67.9 Å². The largest absolute Gasteiger partial charge is 0.491 e. The number of rotatable bonds is 4. The summed E-state index contributed by atoms with van der Waals surface area (Å²) in [5.74, 6) is 0.502. The van der Waals surface area contributed by atoms with Crippen LogP contribution >= 0.6 is 0 Å². The van der Waals surface area contributed by atoms with Gasteiger partial charge in [0.05, 0.1) is 12.3 Å². The minimum absolute atomic E-state index is 0.0763. The molecule has 0 fully saturated rings. The second kappa shape index (κ2) is 4.78. The number of carbonyl (C=O) groups excluding carboxylic acids is 1. The molecule has 0 aliphatic carbocycles. The zero-order chi connectivity index (χ0) is 12.3. The Labute approximate surface area is 98.8 Å². The van der Waals surface area contributed by atoms with Crippen molar-refractivity contribution in [1.82, 2.24) is 15.4 Å². The van der Waals surface area contributed by atoms with Crippen LogP contribution < -0.4 is 4.74 Å². The van der Waals surface area contributed by atoms with E-state index in [-0.39, 0.29) is 11.9 Å². The number of hydrogen-bond acceptors (Lipinski definition) is 4. The van der Waals surface area contributed by atoms with E-state index in [4.69, 9.17) is 4.74 Å². The predicted molar refractivity (Wildman–Crippen MR) is 62.0 cm³/mol. The molecule has 0 saturated heterocycles. The van der Waals surface area contributed by atoms with Crippen LogP contribution in [0.2, 0.25) is 0 Å². The number of carbonyl (C=O) groups is 1. The third-order valence-corrected chi connectivity index (χ3v) is 2.12. The van der Waals surface area contributed by atoms with Crippen molar-refractivity contribution in [3.63, 3.8) is 0 Å². The van der Waals surface area contributed by atoms with Gasteiger partial charge in [0.15, 0.2) is 5.69 Å². The van der Waals surface area contributed by atoms with E-state index in [1.165, 1.54) is 6.20 Å². The quantitative estimate of drug-likeness (QED) is 0.815. The molecule has 5 nitrogen and oxygen atoms in total. The van der Waals surface area contributed by atoms with E-state index < -0.39 is 0 Å². The number of ketones is 1. The molecule has 0 aliphatic rings. The van der Waals surface area contributed by atoms with Crippen LogP contribution in [0, 0.1) is 0 Å². The average Bonchev–Trinajstić information content (AvgIpc) is 2.81. The second-order valence-corrected chi connectivity index (χ2v) is 3.88. The van der Waals surface area contributed by atoms with Crippen LogP contribution in [-0.2, 0) is 0 Å². The summed E-state index contributed by atoms with van der Waals surface area (Å²) < 4.78 is 5.53. The Bertz CT molecular complexity index is 506. The SMILES string of the molecule is CC(C)Oc1cccc(C(=O)c2cn[nH]n2)c1. The first kappa shape index (κ1) is 11.3. The Morgan fingerprint density at radius 3 is 2.88 bits per heavy atom. The highest BCUT2D eigenvalue weighted by Gasteiger charge is 2.12. The summed E-state index contributed by atoms with van der Waals surface area (Å²) in [6, 6.07) is 7.03. The molecule has 0 amide bonds. The Kier molecular flexibility index (Phi) is 3.18. The van der Waals surface area contributed by atoms with Crippen LogP contribution in [0.5, 0.6) is 5.75 Å². The van der Waals surface area contributed by atoms with Crippen molar-refractivity contribution in [1.29, 1.82) is 0 Å². The Balaban J connectivity index is 2.24. The summed E-state index contributed by atoms with van der Waals surface area (Å²) >= 11 is 0. The van der Waals surface area contributed by atoms with Gasteiger partial charge < -0.3 is 4.74 Å². The number of benzene rings is 1. The third-order valence-electron chi connectivity index (χ3n) is 2.12. The maximum Gasteiger partial charge on any atom is 0.215 e. The lowest BCUT2D eigenvalue weighted by atomic mass is 10.1. The molecule has 2 rings (SSSR count). The first-order valence-corrected chi connectivity index (χ1v) is 5.34. The Morgan fingerprint density at radius 2 is 2.24 bits per heavy atom. The summed E-state index contributed by atoms with van der Waals surface area (Å²) in [5, 5.41) is 9.78. The standard InChI is InChI=1S/C12H13N3O2/c1-8(2)17-10-5-3-4-9(6-10)12(16)11-7-13-15-14-11/h3-8H,1-2H3,(H,13,14,15). The molecule has 1 N–H and O–H groups in total. The van der Waals surface area contributed by atoms with Gasteiger partial charge in [0.2, 0.25) is 5.78 Å². The fourth-order valence-electron chi connectivity index (χ4n) is 1.44. The molecule has 0 saturated carbocycles. The smallest absolute Gasteiger partial charge is 0.215 e. The lowest BCUT2D eigenvalue weighted by Crippen LogP contribution is -2.07. The number of hydrogen-bond donors (Lipinski definition) is 1. The van der Waals surface area contributed by atoms with Gasteiger partial charge in [0, 0.05) is 5.56 Å². The van der Waals surface area contributed by atoms with Gasteiger partial charge in [-0.05, 0) is 26.0 Å². The van der Waals surface area contributed by atoms with Gasteiger partial charge in [-0.15, -0.1) is 0 Å². The van der Waals surface area contributed by atoms with Gasteiger partial charge in [0.25, 0.3) is 0 Å². The van der Waals surface area contributed by atoms with E-state index in [0.717, 1.165) is 0 Å². The first-order valence-electron chi connectivity index (χ1n) is 5.34. The molecule has 0 unspecified atom stereocenters. The first-order chi connectivity index (χ1) is 8.16. The van der Waals surface area contributed by atoms with E-state index in [0.29, 0.717) is 17.0 Å². The molecule has 1 heterocycles. The lowest BCUT2D eigenvalue weighted by molar-refractivity contribution is 0.103. The summed E-state index contributed by atoms with van der Waals surface area (Å²) in [7, 11) is 0. The fraction of sp³-hybridized carbons (Fsp3) is 0.250. The van der Waals surface area contributed by atoms with Crippen molar-refractivity contribution in [3.8, 4) is 5.75 Å². The number of nitrogens with zero attached hydrogens (tertiary/aromatic N) is 2. The Morgan fingerprint density at radius 1 is 1.41 bits per heavy atom. The molecule has 88 valence electrons. The van der Waals surface area contributed by atoms with E-state index in [9.17, 15) is 4.79 Å². The van der Waals surface area contributed by atoms with Crippen molar-refractivity contribution in [3.05, 3.63) is 41.7 Å². The molecule has 0 radical (unpaired) electrons. The van der Waals surface area contributed by atoms with Gasteiger partial charge in [-0.25, -0.2) is 0 Å². The van der Waals surface area contributed by atoms with Crippen molar-refractivity contribution in [2.45, 2.75) is 20.0 Å². The van der Waals surface area contributed by atoms with E-state index in [2.05, 4.69) is 15.4 Å². The highest BCUT2D eigenvalue weighted by atomic mass is 16.5. The van der Waals surface area contributed by atoms with Crippen molar-refractivity contribution in [2.75, 3.05) is 0 Å². The predicted octanol–water partition coefficient (Wildman–Crippen LogP) is 1.82. The highest BCUT2D eigenvalue weighted by Crippen LogP contribution is 2.16.